The van der Waals surface area contributed by atoms with Crippen molar-refractivity contribution in [2.45, 2.75) is 79.1 Å². The average Bonchev–Trinajstić information content (AvgIpc) is 2.92. The minimum atomic E-state index is 0.298. The molecule has 0 unspecified atom stereocenters. The zero-order chi connectivity index (χ0) is 27.6. The van der Waals surface area contributed by atoms with Gasteiger partial charge < -0.3 is 20.0 Å². The largest absolute Gasteiger partial charge is 0.507 e. The van der Waals surface area contributed by atoms with Crippen molar-refractivity contribution in [3.8, 4) is 11.5 Å². The summed E-state index contributed by atoms with van der Waals surface area (Å²) in [7, 11) is 0. The first kappa shape index (κ1) is 31.2. The molecule has 0 saturated heterocycles. The van der Waals surface area contributed by atoms with Gasteiger partial charge in [0.25, 0.3) is 0 Å². The number of unbranched alkanes of at least 4 members (excludes halogenated alkanes) is 7. The molecule has 2 aromatic rings. The fourth-order valence-corrected chi connectivity index (χ4v) is 4.65. The van der Waals surface area contributed by atoms with Crippen LogP contribution in [0.15, 0.2) is 46.4 Å². The number of phenolic OH excluding ortho intramolecular Hbond substituents is 2. The number of anilines is 2. The van der Waals surface area contributed by atoms with Gasteiger partial charge in [-0.15, -0.1) is 0 Å². The van der Waals surface area contributed by atoms with Crippen LogP contribution in [-0.2, 0) is 0 Å². The molecule has 0 bridgehead atoms. The highest BCUT2D eigenvalue weighted by molar-refractivity contribution is 5.85. The first-order valence-electron chi connectivity index (χ1n) is 14.7. The van der Waals surface area contributed by atoms with E-state index in [0.29, 0.717) is 11.5 Å². The van der Waals surface area contributed by atoms with Crippen molar-refractivity contribution in [3.05, 3.63) is 47.5 Å². The van der Waals surface area contributed by atoms with Crippen LogP contribution in [0.3, 0.4) is 0 Å². The molecule has 0 atom stereocenters. The minimum Gasteiger partial charge on any atom is -0.507 e. The summed E-state index contributed by atoms with van der Waals surface area (Å²) in [5.41, 5.74) is 3.68. The van der Waals surface area contributed by atoms with E-state index in [9.17, 15) is 10.2 Å². The second-order valence-corrected chi connectivity index (χ2v) is 9.73. The molecule has 0 heterocycles. The van der Waals surface area contributed by atoms with Crippen LogP contribution in [-0.4, -0.2) is 61.9 Å². The number of phenols is 2. The van der Waals surface area contributed by atoms with Crippen LogP contribution in [0, 0.1) is 0 Å². The summed E-state index contributed by atoms with van der Waals surface area (Å²) >= 11 is 0. The highest BCUT2D eigenvalue weighted by atomic mass is 16.3. The fraction of sp³-hybridized carbons (Fsp3) is 0.562. The van der Waals surface area contributed by atoms with Crippen LogP contribution >= 0.6 is 0 Å². The predicted molar refractivity (Wildman–Crippen MR) is 165 cm³/mol. The molecular formula is C32H50N4O2. The maximum Gasteiger partial charge on any atom is 0.126 e. The molecule has 2 rings (SSSR count). The lowest BCUT2D eigenvalue weighted by Crippen LogP contribution is -2.21. The Kier molecular flexibility index (Phi) is 15.0. The summed E-state index contributed by atoms with van der Waals surface area (Å²) in [6.07, 6.45) is 13.2. The van der Waals surface area contributed by atoms with Crippen LogP contribution < -0.4 is 9.80 Å². The number of aliphatic imine (C=N–C) groups is 2. The Labute approximate surface area is 231 Å². The van der Waals surface area contributed by atoms with E-state index in [4.69, 9.17) is 0 Å². The fourth-order valence-electron chi connectivity index (χ4n) is 4.65. The molecule has 6 nitrogen and oxygen atoms in total. The van der Waals surface area contributed by atoms with Crippen molar-refractivity contribution >= 4 is 23.8 Å². The quantitative estimate of drug-likeness (QED) is 0.148. The molecule has 2 aromatic carbocycles. The Bertz CT molecular complexity index is 902. The second-order valence-electron chi connectivity index (χ2n) is 9.73. The highest BCUT2D eigenvalue weighted by Gasteiger charge is 2.06. The average molecular weight is 523 g/mol. The molecule has 0 spiro atoms. The molecule has 2 N–H and O–H groups in total. The van der Waals surface area contributed by atoms with Crippen molar-refractivity contribution in [1.82, 2.24) is 0 Å². The number of benzene rings is 2. The zero-order valence-corrected chi connectivity index (χ0v) is 24.2. The molecule has 38 heavy (non-hydrogen) atoms. The Balaban J connectivity index is 1.51. The molecule has 0 radical (unpaired) electrons. The third-order valence-corrected chi connectivity index (χ3v) is 7.07. The van der Waals surface area contributed by atoms with E-state index >= 15 is 0 Å². The number of rotatable bonds is 19. The molecular weight excluding hydrogens is 472 g/mol. The van der Waals surface area contributed by atoms with E-state index in [2.05, 4.69) is 59.6 Å². The lowest BCUT2D eigenvalue weighted by Gasteiger charge is -2.21. The normalized spacial score (nSPS) is 11.6. The standard InChI is InChI=1S/C32H50N4O2/c1-5-35(6-2)29-19-17-27(31(37)23-29)25-33-21-15-13-11-9-10-12-14-16-22-34-26-28-18-20-30(24-32(28)38)36(7-3)8-4/h17-20,23-26,37-38H,5-16,21-22H2,1-4H3/b33-25+,34-26+. The Morgan fingerprint density at radius 3 is 1.21 bits per heavy atom. The summed E-state index contributed by atoms with van der Waals surface area (Å²) in [5.74, 6) is 0.595. The first-order valence-corrected chi connectivity index (χ1v) is 14.7. The topological polar surface area (TPSA) is 71.7 Å². The summed E-state index contributed by atoms with van der Waals surface area (Å²) in [6.45, 7) is 13.8. The van der Waals surface area contributed by atoms with Gasteiger partial charge in [0, 0.05) is 86.3 Å². The minimum absolute atomic E-state index is 0.298. The molecule has 0 saturated carbocycles. The monoisotopic (exact) mass is 522 g/mol. The van der Waals surface area contributed by atoms with E-state index in [0.717, 1.165) is 74.6 Å². The zero-order valence-electron chi connectivity index (χ0n) is 24.2. The van der Waals surface area contributed by atoms with Crippen molar-refractivity contribution in [2.75, 3.05) is 49.1 Å². The SMILES string of the molecule is CCN(CC)c1ccc(/C=N/CCCCCCCCCC/N=C/c2ccc(N(CC)CC)cc2O)c(O)c1. The van der Waals surface area contributed by atoms with E-state index in [-0.39, 0.29) is 0 Å². The van der Waals surface area contributed by atoms with Gasteiger partial charge in [-0.3, -0.25) is 9.98 Å². The van der Waals surface area contributed by atoms with Crippen LogP contribution in [0.2, 0.25) is 0 Å². The molecule has 210 valence electrons. The lowest BCUT2D eigenvalue weighted by atomic mass is 10.1. The third-order valence-electron chi connectivity index (χ3n) is 7.07. The molecule has 0 aliphatic carbocycles. The lowest BCUT2D eigenvalue weighted by molar-refractivity contribution is 0.474. The number of hydrogen-bond acceptors (Lipinski definition) is 6. The second kappa shape index (κ2) is 18.3. The highest BCUT2D eigenvalue weighted by Crippen LogP contribution is 2.24. The number of hydrogen-bond donors (Lipinski definition) is 2. The Morgan fingerprint density at radius 1 is 0.553 bits per heavy atom. The number of nitrogens with zero attached hydrogens (tertiary/aromatic N) is 4. The Hall–Kier alpha value is -3.02. The first-order chi connectivity index (χ1) is 18.5. The van der Waals surface area contributed by atoms with Gasteiger partial charge in [-0.05, 0) is 64.8 Å². The van der Waals surface area contributed by atoms with Gasteiger partial charge in [0.1, 0.15) is 11.5 Å². The molecule has 0 fully saturated rings. The van der Waals surface area contributed by atoms with Gasteiger partial charge >= 0.3 is 0 Å². The summed E-state index contributed by atoms with van der Waals surface area (Å²) in [5, 5.41) is 20.6. The maximum atomic E-state index is 10.3. The van der Waals surface area contributed by atoms with Crippen LogP contribution in [0.1, 0.15) is 90.2 Å². The van der Waals surface area contributed by atoms with Crippen molar-refractivity contribution < 1.29 is 10.2 Å². The van der Waals surface area contributed by atoms with Crippen molar-refractivity contribution in [2.24, 2.45) is 9.98 Å². The summed E-state index contributed by atoms with van der Waals surface area (Å²) in [4.78, 5) is 13.5. The van der Waals surface area contributed by atoms with E-state index in [1.165, 1.54) is 38.5 Å². The summed E-state index contributed by atoms with van der Waals surface area (Å²) in [6, 6.07) is 11.7. The molecule has 0 aliphatic heterocycles. The van der Waals surface area contributed by atoms with Crippen LogP contribution in [0.4, 0.5) is 11.4 Å². The smallest absolute Gasteiger partial charge is 0.126 e. The molecule has 6 heteroatoms. The van der Waals surface area contributed by atoms with E-state index in [1.807, 2.05) is 24.3 Å². The third kappa shape index (κ3) is 10.8. The van der Waals surface area contributed by atoms with Crippen LogP contribution in [0.25, 0.3) is 0 Å². The molecule has 0 amide bonds. The molecule has 0 aliphatic rings. The Morgan fingerprint density at radius 2 is 0.895 bits per heavy atom. The van der Waals surface area contributed by atoms with Gasteiger partial charge in [-0.25, -0.2) is 0 Å². The predicted octanol–water partition coefficient (Wildman–Crippen LogP) is 7.45. The van der Waals surface area contributed by atoms with E-state index in [1.54, 1.807) is 12.4 Å². The van der Waals surface area contributed by atoms with Crippen molar-refractivity contribution in [3.63, 3.8) is 0 Å². The van der Waals surface area contributed by atoms with Gasteiger partial charge in [0.2, 0.25) is 0 Å². The van der Waals surface area contributed by atoms with Crippen LogP contribution in [0.5, 0.6) is 11.5 Å². The summed E-state index contributed by atoms with van der Waals surface area (Å²) < 4.78 is 0. The van der Waals surface area contributed by atoms with E-state index < -0.39 is 0 Å². The number of aromatic hydroxyl groups is 2. The van der Waals surface area contributed by atoms with Crippen molar-refractivity contribution in [1.29, 1.82) is 0 Å². The van der Waals surface area contributed by atoms with Gasteiger partial charge in [0.15, 0.2) is 0 Å². The molecule has 0 aromatic heterocycles. The van der Waals surface area contributed by atoms with Gasteiger partial charge in [-0.2, -0.15) is 0 Å². The van der Waals surface area contributed by atoms with Gasteiger partial charge in [0.05, 0.1) is 0 Å². The van der Waals surface area contributed by atoms with Gasteiger partial charge in [-0.1, -0.05) is 38.5 Å². The maximum absolute atomic E-state index is 10.3.